The third-order valence-electron chi connectivity index (χ3n) is 3.02. The third kappa shape index (κ3) is 2.62. The van der Waals surface area contributed by atoms with Crippen LogP contribution >= 0.6 is 0 Å². The second-order valence-corrected chi connectivity index (χ2v) is 4.30. The summed E-state index contributed by atoms with van der Waals surface area (Å²) in [5, 5.41) is 7.34. The molecule has 4 heteroatoms. The van der Waals surface area contributed by atoms with Crippen LogP contribution in [0.5, 0.6) is 0 Å². The summed E-state index contributed by atoms with van der Waals surface area (Å²) in [6, 6.07) is 0. The van der Waals surface area contributed by atoms with Crippen molar-refractivity contribution in [1.82, 2.24) is 10.5 Å². The van der Waals surface area contributed by atoms with E-state index in [1.54, 1.807) is 0 Å². The van der Waals surface area contributed by atoms with Crippen LogP contribution in [0.15, 0.2) is 9.52 Å². The number of hydrogen-bond acceptors (Lipinski definition) is 4. The minimum atomic E-state index is 0.778. The van der Waals surface area contributed by atoms with Crippen molar-refractivity contribution in [2.45, 2.75) is 46.1 Å². The molecule has 0 bridgehead atoms. The summed E-state index contributed by atoms with van der Waals surface area (Å²) < 4.78 is 5.13. The smallest absolute Gasteiger partial charge is 0.138 e. The zero-order chi connectivity index (χ0) is 11.4. The van der Waals surface area contributed by atoms with Gasteiger partial charge < -0.3 is 9.84 Å². The Morgan fingerprint density at radius 1 is 1.25 bits per heavy atom. The standard InChI is InChI=1S/C12H19N3O/c1-9-11(10(2)16-15-9)8-14-12-6-4-3-5-7-13-12/h3-8H2,1-2H3,(H,13,14). The lowest BCUT2D eigenvalue weighted by molar-refractivity contribution is 0.392. The van der Waals surface area contributed by atoms with Gasteiger partial charge in [0.25, 0.3) is 0 Å². The number of nitrogens with one attached hydrogen (secondary N) is 1. The first-order valence-electron chi connectivity index (χ1n) is 5.96. The summed E-state index contributed by atoms with van der Waals surface area (Å²) in [7, 11) is 0. The maximum Gasteiger partial charge on any atom is 0.138 e. The molecule has 1 aliphatic heterocycles. The van der Waals surface area contributed by atoms with Crippen LogP contribution in [0, 0.1) is 13.8 Å². The Labute approximate surface area is 96.1 Å². The molecule has 2 heterocycles. The lowest BCUT2D eigenvalue weighted by atomic mass is 10.2. The number of rotatable bonds is 2. The minimum absolute atomic E-state index is 0.778. The van der Waals surface area contributed by atoms with Crippen molar-refractivity contribution in [2.24, 2.45) is 4.99 Å². The largest absolute Gasteiger partial charge is 0.370 e. The lowest BCUT2D eigenvalue weighted by Gasteiger charge is -2.07. The molecular weight excluding hydrogens is 202 g/mol. The van der Waals surface area contributed by atoms with Gasteiger partial charge in [-0.2, -0.15) is 0 Å². The molecule has 0 unspecified atom stereocenters. The van der Waals surface area contributed by atoms with E-state index in [1.165, 1.54) is 19.3 Å². The van der Waals surface area contributed by atoms with E-state index in [2.05, 4.69) is 15.5 Å². The van der Waals surface area contributed by atoms with Crippen molar-refractivity contribution in [3.63, 3.8) is 0 Å². The molecule has 1 aromatic heterocycles. The molecule has 1 aliphatic rings. The Kier molecular flexibility index (Phi) is 3.59. The van der Waals surface area contributed by atoms with E-state index < -0.39 is 0 Å². The summed E-state index contributed by atoms with van der Waals surface area (Å²) in [5.41, 5.74) is 2.13. The summed E-state index contributed by atoms with van der Waals surface area (Å²) in [4.78, 5) is 4.54. The number of amidine groups is 1. The average Bonchev–Trinajstić information content (AvgIpc) is 2.51. The topological polar surface area (TPSA) is 50.4 Å². The molecular formula is C12H19N3O. The maximum atomic E-state index is 5.13. The summed E-state index contributed by atoms with van der Waals surface area (Å²) in [6.07, 6.45) is 4.83. The van der Waals surface area contributed by atoms with Gasteiger partial charge in [-0.05, 0) is 26.7 Å². The molecule has 16 heavy (non-hydrogen) atoms. The fraction of sp³-hybridized carbons (Fsp3) is 0.667. The van der Waals surface area contributed by atoms with Crippen molar-refractivity contribution < 1.29 is 4.52 Å². The van der Waals surface area contributed by atoms with Gasteiger partial charge in [-0.3, -0.25) is 4.99 Å². The average molecular weight is 221 g/mol. The summed E-state index contributed by atoms with van der Waals surface area (Å²) in [5.74, 6) is 2.04. The van der Waals surface area contributed by atoms with Gasteiger partial charge in [0.05, 0.1) is 11.5 Å². The SMILES string of the molecule is Cc1noc(C)c1CNC1=NCCCCC1. The fourth-order valence-corrected chi connectivity index (χ4v) is 1.96. The van der Waals surface area contributed by atoms with Crippen molar-refractivity contribution >= 4 is 5.84 Å². The molecule has 88 valence electrons. The normalized spacial score (nSPS) is 16.8. The Hall–Kier alpha value is -1.32. The first-order chi connectivity index (χ1) is 7.77. The predicted molar refractivity (Wildman–Crippen MR) is 63.6 cm³/mol. The van der Waals surface area contributed by atoms with E-state index in [9.17, 15) is 0 Å². The van der Waals surface area contributed by atoms with Crippen molar-refractivity contribution in [3.8, 4) is 0 Å². The van der Waals surface area contributed by atoms with Crippen LogP contribution < -0.4 is 5.32 Å². The van der Waals surface area contributed by atoms with Gasteiger partial charge in [-0.25, -0.2) is 0 Å². The number of hydrogen-bond donors (Lipinski definition) is 1. The van der Waals surface area contributed by atoms with Crippen LogP contribution in [0.25, 0.3) is 0 Å². The van der Waals surface area contributed by atoms with Gasteiger partial charge in [0.2, 0.25) is 0 Å². The number of aliphatic imine (C=N–C) groups is 1. The molecule has 0 spiro atoms. The Balaban J connectivity index is 1.94. The molecule has 0 fully saturated rings. The molecule has 0 amide bonds. The molecule has 0 saturated heterocycles. The highest BCUT2D eigenvalue weighted by atomic mass is 16.5. The van der Waals surface area contributed by atoms with Gasteiger partial charge in [-0.1, -0.05) is 11.6 Å². The maximum absolute atomic E-state index is 5.13. The highest BCUT2D eigenvalue weighted by molar-refractivity contribution is 5.82. The first kappa shape index (κ1) is 11.2. The highest BCUT2D eigenvalue weighted by Crippen LogP contribution is 2.12. The van der Waals surface area contributed by atoms with E-state index in [1.807, 2.05) is 13.8 Å². The first-order valence-corrected chi connectivity index (χ1v) is 5.96. The van der Waals surface area contributed by atoms with E-state index in [4.69, 9.17) is 4.52 Å². The fourth-order valence-electron chi connectivity index (χ4n) is 1.96. The van der Waals surface area contributed by atoms with Gasteiger partial charge in [0, 0.05) is 25.1 Å². The second kappa shape index (κ2) is 5.14. The molecule has 4 nitrogen and oxygen atoms in total. The van der Waals surface area contributed by atoms with Gasteiger partial charge in [0.15, 0.2) is 0 Å². The molecule has 0 aliphatic carbocycles. The predicted octanol–water partition coefficient (Wildman–Crippen LogP) is 2.35. The Morgan fingerprint density at radius 2 is 2.12 bits per heavy atom. The van der Waals surface area contributed by atoms with Crippen LogP contribution in [-0.4, -0.2) is 17.5 Å². The van der Waals surface area contributed by atoms with Crippen LogP contribution in [0.3, 0.4) is 0 Å². The van der Waals surface area contributed by atoms with Gasteiger partial charge in [-0.15, -0.1) is 0 Å². The molecule has 2 rings (SSSR count). The zero-order valence-electron chi connectivity index (χ0n) is 10.0. The van der Waals surface area contributed by atoms with E-state index in [0.29, 0.717) is 0 Å². The zero-order valence-corrected chi connectivity index (χ0v) is 10.0. The molecule has 0 saturated carbocycles. The highest BCUT2D eigenvalue weighted by Gasteiger charge is 2.10. The molecule has 0 aromatic carbocycles. The quantitative estimate of drug-likeness (QED) is 0.834. The van der Waals surface area contributed by atoms with E-state index in [-0.39, 0.29) is 0 Å². The molecule has 0 radical (unpaired) electrons. The number of aryl methyl sites for hydroxylation is 2. The number of nitrogens with zero attached hydrogens (tertiary/aromatic N) is 2. The molecule has 0 atom stereocenters. The Morgan fingerprint density at radius 3 is 2.88 bits per heavy atom. The monoisotopic (exact) mass is 221 g/mol. The van der Waals surface area contributed by atoms with Crippen LogP contribution in [0.1, 0.15) is 42.7 Å². The summed E-state index contributed by atoms with van der Waals surface area (Å²) >= 11 is 0. The molecule has 1 N–H and O–H groups in total. The van der Waals surface area contributed by atoms with Crippen molar-refractivity contribution in [3.05, 3.63) is 17.0 Å². The van der Waals surface area contributed by atoms with Gasteiger partial charge >= 0.3 is 0 Å². The number of aromatic nitrogens is 1. The molecule has 1 aromatic rings. The van der Waals surface area contributed by atoms with Crippen molar-refractivity contribution in [2.75, 3.05) is 6.54 Å². The Bertz CT molecular complexity index is 362. The van der Waals surface area contributed by atoms with E-state index >= 15 is 0 Å². The van der Waals surface area contributed by atoms with Crippen LogP contribution in [-0.2, 0) is 6.54 Å². The lowest BCUT2D eigenvalue weighted by Crippen LogP contribution is -2.23. The third-order valence-corrected chi connectivity index (χ3v) is 3.02. The van der Waals surface area contributed by atoms with Crippen molar-refractivity contribution in [1.29, 1.82) is 0 Å². The van der Waals surface area contributed by atoms with Crippen LogP contribution in [0.4, 0.5) is 0 Å². The van der Waals surface area contributed by atoms with E-state index in [0.717, 1.165) is 42.4 Å². The minimum Gasteiger partial charge on any atom is -0.370 e. The van der Waals surface area contributed by atoms with Crippen LogP contribution in [0.2, 0.25) is 0 Å². The van der Waals surface area contributed by atoms with Gasteiger partial charge in [0.1, 0.15) is 5.76 Å². The summed E-state index contributed by atoms with van der Waals surface area (Å²) in [6.45, 7) is 5.66. The second-order valence-electron chi connectivity index (χ2n) is 4.30.